The second kappa shape index (κ2) is 9.90. The molecule has 0 saturated carbocycles. The minimum atomic E-state index is 0.530. The number of benzene rings is 2. The molecule has 0 amide bonds. The first-order valence-corrected chi connectivity index (χ1v) is 11.3. The van der Waals surface area contributed by atoms with E-state index in [1.54, 1.807) is 14.2 Å². The van der Waals surface area contributed by atoms with Gasteiger partial charge < -0.3 is 14.4 Å². The van der Waals surface area contributed by atoms with Gasteiger partial charge in [0.1, 0.15) is 11.5 Å². The van der Waals surface area contributed by atoms with E-state index in [0.29, 0.717) is 5.92 Å². The Hall–Kier alpha value is -3.61. The number of fused-ring (bicyclic) bond motifs is 1. The third-order valence-electron chi connectivity index (χ3n) is 5.41. The Balaban J connectivity index is 1.72. The van der Waals surface area contributed by atoms with Gasteiger partial charge in [-0.15, -0.1) is 0 Å². The van der Waals surface area contributed by atoms with Crippen molar-refractivity contribution in [3.8, 4) is 22.8 Å². The third-order valence-corrected chi connectivity index (χ3v) is 5.41. The summed E-state index contributed by atoms with van der Waals surface area (Å²) in [6, 6.07) is 12.1. The van der Waals surface area contributed by atoms with Gasteiger partial charge in [0.2, 0.25) is 0 Å². The number of nitrogens with zero attached hydrogens (tertiary/aromatic N) is 5. The van der Waals surface area contributed by atoms with Crippen LogP contribution in [0.4, 0.5) is 11.4 Å². The molecule has 0 N–H and O–H groups in total. The zero-order valence-electron chi connectivity index (χ0n) is 19.9. The van der Waals surface area contributed by atoms with Crippen LogP contribution in [0.2, 0.25) is 0 Å². The summed E-state index contributed by atoms with van der Waals surface area (Å²) in [4.78, 5) is 11.8. The minimum Gasteiger partial charge on any atom is -0.497 e. The molecule has 0 saturated heterocycles. The number of ether oxygens (including phenoxy) is 2. The highest BCUT2D eigenvalue weighted by Crippen LogP contribution is 2.34. The van der Waals surface area contributed by atoms with Crippen LogP contribution in [0.15, 0.2) is 55.0 Å². The summed E-state index contributed by atoms with van der Waals surface area (Å²) in [6.45, 7) is 8.24. The predicted octanol–water partition coefficient (Wildman–Crippen LogP) is 5.71. The molecule has 0 atom stereocenters. The Kier molecular flexibility index (Phi) is 6.77. The molecule has 0 unspecified atom stereocenters. The number of aromatic nitrogens is 4. The van der Waals surface area contributed by atoms with E-state index in [0.717, 1.165) is 64.7 Å². The molecule has 0 aliphatic carbocycles. The van der Waals surface area contributed by atoms with E-state index in [9.17, 15) is 0 Å². The van der Waals surface area contributed by atoms with Crippen LogP contribution in [0.1, 0.15) is 27.2 Å². The second-order valence-electron chi connectivity index (χ2n) is 8.50. The fourth-order valence-electron chi connectivity index (χ4n) is 3.86. The van der Waals surface area contributed by atoms with E-state index in [-0.39, 0.29) is 0 Å². The van der Waals surface area contributed by atoms with Crippen LogP contribution in [0.5, 0.6) is 11.5 Å². The SMILES string of the molecule is CCCN(c1cc(OC)cc(OC)c1)c1ccc2ncc(-c3cnn(CC(C)C)c3)nc2c1. The maximum atomic E-state index is 5.49. The first-order valence-electron chi connectivity index (χ1n) is 11.3. The molecule has 0 fully saturated rings. The van der Waals surface area contributed by atoms with E-state index in [1.807, 2.05) is 47.5 Å². The summed E-state index contributed by atoms with van der Waals surface area (Å²) in [7, 11) is 3.33. The van der Waals surface area contributed by atoms with Crippen molar-refractivity contribution in [3.63, 3.8) is 0 Å². The van der Waals surface area contributed by atoms with Crippen molar-refractivity contribution in [2.45, 2.75) is 33.7 Å². The summed E-state index contributed by atoms with van der Waals surface area (Å²) in [5.41, 5.74) is 5.54. The predicted molar refractivity (Wildman–Crippen MR) is 132 cm³/mol. The molecule has 7 nitrogen and oxygen atoms in total. The van der Waals surface area contributed by atoms with Crippen molar-refractivity contribution in [3.05, 3.63) is 55.0 Å². The number of hydrogen-bond acceptors (Lipinski definition) is 6. The topological polar surface area (TPSA) is 65.3 Å². The van der Waals surface area contributed by atoms with Gasteiger partial charge in [0.25, 0.3) is 0 Å². The lowest BCUT2D eigenvalue weighted by Crippen LogP contribution is -2.18. The van der Waals surface area contributed by atoms with Crippen molar-refractivity contribution in [1.82, 2.24) is 19.7 Å². The monoisotopic (exact) mass is 445 g/mol. The van der Waals surface area contributed by atoms with Crippen LogP contribution in [0, 0.1) is 5.92 Å². The number of rotatable bonds is 9. The standard InChI is InChI=1S/C26H31N5O2/c1-6-9-31(21-10-22(32-4)13-23(11-21)33-5)20-7-8-24-25(12-20)29-26(15-27-24)19-14-28-30(17-19)16-18(2)3/h7-8,10-15,17-18H,6,9,16H2,1-5H3. The Labute approximate surface area is 195 Å². The highest BCUT2D eigenvalue weighted by atomic mass is 16.5. The Morgan fingerprint density at radius 1 is 0.939 bits per heavy atom. The molecule has 0 spiro atoms. The molecule has 172 valence electrons. The fraction of sp³-hybridized carbons (Fsp3) is 0.346. The van der Waals surface area contributed by atoms with E-state index in [1.165, 1.54) is 0 Å². The van der Waals surface area contributed by atoms with Gasteiger partial charge in [0, 0.05) is 54.4 Å². The minimum absolute atomic E-state index is 0.530. The van der Waals surface area contributed by atoms with Gasteiger partial charge >= 0.3 is 0 Å². The lowest BCUT2D eigenvalue weighted by Gasteiger charge is -2.25. The summed E-state index contributed by atoms with van der Waals surface area (Å²) in [6.07, 6.45) is 6.69. The molecule has 7 heteroatoms. The fourth-order valence-corrected chi connectivity index (χ4v) is 3.86. The van der Waals surface area contributed by atoms with Gasteiger partial charge in [-0.2, -0.15) is 5.10 Å². The van der Waals surface area contributed by atoms with Gasteiger partial charge in [-0.1, -0.05) is 20.8 Å². The number of methoxy groups -OCH3 is 2. The smallest absolute Gasteiger partial charge is 0.124 e. The number of hydrogen-bond donors (Lipinski definition) is 0. The molecular weight excluding hydrogens is 414 g/mol. The summed E-state index contributed by atoms with van der Waals surface area (Å²) in [5, 5.41) is 4.47. The van der Waals surface area contributed by atoms with Gasteiger partial charge in [-0.3, -0.25) is 9.67 Å². The maximum Gasteiger partial charge on any atom is 0.124 e. The van der Waals surface area contributed by atoms with Crippen LogP contribution in [-0.4, -0.2) is 40.5 Å². The molecule has 4 rings (SSSR count). The molecule has 0 bridgehead atoms. The average Bonchev–Trinajstić information content (AvgIpc) is 3.29. The van der Waals surface area contributed by atoms with Gasteiger partial charge in [-0.05, 0) is 30.5 Å². The molecule has 0 aliphatic heterocycles. The Morgan fingerprint density at radius 2 is 1.70 bits per heavy atom. The number of anilines is 2. The molecule has 0 aliphatic rings. The van der Waals surface area contributed by atoms with E-state index >= 15 is 0 Å². The lowest BCUT2D eigenvalue weighted by atomic mass is 10.2. The lowest BCUT2D eigenvalue weighted by molar-refractivity contribution is 0.394. The molecule has 4 aromatic rings. The molecule has 2 aromatic heterocycles. The van der Waals surface area contributed by atoms with E-state index in [4.69, 9.17) is 14.5 Å². The second-order valence-corrected chi connectivity index (χ2v) is 8.50. The molecule has 2 aromatic carbocycles. The summed E-state index contributed by atoms with van der Waals surface area (Å²) >= 11 is 0. The molecule has 0 radical (unpaired) electrons. The van der Waals surface area contributed by atoms with E-state index in [2.05, 4.69) is 47.9 Å². The van der Waals surface area contributed by atoms with Crippen LogP contribution < -0.4 is 14.4 Å². The van der Waals surface area contributed by atoms with Crippen molar-refractivity contribution >= 4 is 22.4 Å². The van der Waals surface area contributed by atoms with Crippen LogP contribution in [0.25, 0.3) is 22.3 Å². The molecular formula is C26H31N5O2. The van der Waals surface area contributed by atoms with Crippen LogP contribution >= 0.6 is 0 Å². The Morgan fingerprint density at radius 3 is 2.36 bits per heavy atom. The van der Waals surface area contributed by atoms with Crippen molar-refractivity contribution < 1.29 is 9.47 Å². The maximum absolute atomic E-state index is 5.49. The average molecular weight is 446 g/mol. The van der Waals surface area contributed by atoms with Gasteiger partial charge in [0.15, 0.2) is 0 Å². The van der Waals surface area contributed by atoms with Crippen LogP contribution in [-0.2, 0) is 6.54 Å². The first kappa shape index (κ1) is 22.6. The van der Waals surface area contributed by atoms with E-state index < -0.39 is 0 Å². The van der Waals surface area contributed by atoms with Gasteiger partial charge in [0.05, 0.1) is 43.3 Å². The van der Waals surface area contributed by atoms with Crippen LogP contribution in [0.3, 0.4) is 0 Å². The normalized spacial score (nSPS) is 11.2. The highest BCUT2D eigenvalue weighted by Gasteiger charge is 2.14. The summed E-state index contributed by atoms with van der Waals surface area (Å²) in [5.74, 6) is 2.04. The highest BCUT2D eigenvalue weighted by molar-refractivity contribution is 5.82. The molecule has 2 heterocycles. The van der Waals surface area contributed by atoms with Gasteiger partial charge in [-0.25, -0.2) is 4.98 Å². The zero-order valence-corrected chi connectivity index (χ0v) is 19.9. The van der Waals surface area contributed by atoms with Crippen molar-refractivity contribution in [2.75, 3.05) is 25.7 Å². The van der Waals surface area contributed by atoms with Crippen molar-refractivity contribution in [2.24, 2.45) is 5.92 Å². The largest absolute Gasteiger partial charge is 0.497 e. The first-order chi connectivity index (χ1) is 16.0. The third kappa shape index (κ3) is 5.08. The Bertz CT molecular complexity index is 1210. The summed E-state index contributed by atoms with van der Waals surface area (Å²) < 4.78 is 12.9. The van der Waals surface area contributed by atoms with Crippen molar-refractivity contribution in [1.29, 1.82) is 0 Å². The zero-order chi connectivity index (χ0) is 23.4. The quantitative estimate of drug-likeness (QED) is 0.329. The molecule has 33 heavy (non-hydrogen) atoms.